The Bertz CT molecular complexity index is 520. The van der Waals surface area contributed by atoms with Gasteiger partial charge in [-0.15, -0.1) is 0 Å². The molecule has 1 aromatic rings. The predicted octanol–water partition coefficient (Wildman–Crippen LogP) is 4.84. The molecule has 0 radical (unpaired) electrons. The molecular formula is C19H31NO. The van der Waals surface area contributed by atoms with Crippen LogP contribution in [0.25, 0.3) is 0 Å². The fourth-order valence-corrected chi connectivity index (χ4v) is 2.97. The number of fused-ring (bicyclic) bond motifs is 1. The maximum atomic E-state index is 6.48. The van der Waals surface area contributed by atoms with Gasteiger partial charge in [-0.25, -0.2) is 0 Å². The Kier molecular flexibility index (Phi) is 4.14. The monoisotopic (exact) mass is 289 g/mol. The molecule has 1 aromatic carbocycles. The molecule has 2 N–H and O–H groups in total. The number of nitrogens with two attached hydrogens (primary N) is 1. The molecule has 2 nitrogen and oxygen atoms in total. The van der Waals surface area contributed by atoms with Crippen LogP contribution in [0.4, 0.5) is 0 Å². The molecule has 0 fully saturated rings. The predicted molar refractivity (Wildman–Crippen MR) is 90.1 cm³/mol. The van der Waals surface area contributed by atoms with Gasteiger partial charge in [0, 0.05) is 11.1 Å². The summed E-state index contributed by atoms with van der Waals surface area (Å²) in [6.07, 6.45) is 2.24. The normalized spacial score (nSPS) is 22.1. The first kappa shape index (κ1) is 16.4. The summed E-state index contributed by atoms with van der Waals surface area (Å²) in [5.41, 5.74) is 10.5. The van der Waals surface area contributed by atoms with Crippen molar-refractivity contribution in [3.8, 4) is 5.75 Å². The molecule has 1 aliphatic heterocycles. The maximum absolute atomic E-state index is 6.48. The van der Waals surface area contributed by atoms with E-state index in [9.17, 15) is 0 Å². The van der Waals surface area contributed by atoms with E-state index in [0.717, 1.165) is 18.6 Å². The van der Waals surface area contributed by atoms with Gasteiger partial charge in [-0.05, 0) is 28.9 Å². The van der Waals surface area contributed by atoms with Gasteiger partial charge in [-0.2, -0.15) is 0 Å². The van der Waals surface area contributed by atoms with Crippen LogP contribution in [-0.4, -0.2) is 6.10 Å². The topological polar surface area (TPSA) is 35.2 Å². The van der Waals surface area contributed by atoms with Crippen molar-refractivity contribution >= 4 is 0 Å². The first-order valence-electron chi connectivity index (χ1n) is 8.17. The Hall–Kier alpha value is -1.02. The highest BCUT2D eigenvalue weighted by atomic mass is 16.5. The van der Waals surface area contributed by atoms with Crippen molar-refractivity contribution in [2.75, 3.05) is 0 Å². The first-order chi connectivity index (χ1) is 9.55. The average molecular weight is 289 g/mol. The van der Waals surface area contributed by atoms with E-state index in [2.05, 4.69) is 60.6 Å². The Labute approximate surface area is 130 Å². The Balaban J connectivity index is 2.59. The number of ether oxygens (including phenoxy) is 1. The molecule has 0 bridgehead atoms. The van der Waals surface area contributed by atoms with E-state index in [-0.39, 0.29) is 23.0 Å². The van der Waals surface area contributed by atoms with Gasteiger partial charge in [0.1, 0.15) is 11.9 Å². The molecule has 2 heteroatoms. The first-order valence-corrected chi connectivity index (χ1v) is 8.17. The smallest absolute Gasteiger partial charge is 0.128 e. The van der Waals surface area contributed by atoms with Crippen LogP contribution in [0.15, 0.2) is 12.1 Å². The molecule has 2 unspecified atom stereocenters. The fourth-order valence-electron chi connectivity index (χ4n) is 2.97. The van der Waals surface area contributed by atoms with Crippen molar-refractivity contribution in [1.29, 1.82) is 0 Å². The van der Waals surface area contributed by atoms with Crippen molar-refractivity contribution in [1.82, 2.24) is 0 Å². The largest absolute Gasteiger partial charge is 0.488 e. The molecule has 2 atom stereocenters. The third kappa shape index (κ3) is 3.11. The van der Waals surface area contributed by atoms with E-state index in [4.69, 9.17) is 10.5 Å². The van der Waals surface area contributed by atoms with Gasteiger partial charge < -0.3 is 10.5 Å². The van der Waals surface area contributed by atoms with Gasteiger partial charge in [-0.3, -0.25) is 0 Å². The lowest BCUT2D eigenvalue weighted by Gasteiger charge is -2.27. The van der Waals surface area contributed by atoms with E-state index >= 15 is 0 Å². The lowest BCUT2D eigenvalue weighted by Crippen LogP contribution is -2.25. The van der Waals surface area contributed by atoms with Crippen LogP contribution in [-0.2, 0) is 10.8 Å². The highest BCUT2D eigenvalue weighted by molar-refractivity contribution is 5.53. The fraction of sp³-hybridized carbons (Fsp3) is 0.684. The van der Waals surface area contributed by atoms with Gasteiger partial charge in [0.15, 0.2) is 0 Å². The lowest BCUT2D eigenvalue weighted by atomic mass is 9.78. The Morgan fingerprint density at radius 3 is 2.14 bits per heavy atom. The van der Waals surface area contributed by atoms with E-state index in [1.807, 2.05) is 0 Å². The minimum absolute atomic E-state index is 0.00310. The number of hydrogen-bond acceptors (Lipinski definition) is 2. The lowest BCUT2D eigenvalue weighted by molar-refractivity contribution is 0.191. The van der Waals surface area contributed by atoms with Gasteiger partial charge in [-0.1, -0.05) is 61.0 Å². The van der Waals surface area contributed by atoms with Crippen LogP contribution in [0.2, 0.25) is 0 Å². The molecule has 0 spiro atoms. The zero-order valence-corrected chi connectivity index (χ0v) is 14.7. The maximum Gasteiger partial charge on any atom is 0.128 e. The van der Waals surface area contributed by atoms with Gasteiger partial charge >= 0.3 is 0 Å². The number of benzene rings is 1. The SMILES string of the molecule is CCCC1Oc2c(cc(C(C)(C)C)cc2C(C)(C)C)C1N. The third-order valence-electron chi connectivity index (χ3n) is 4.39. The van der Waals surface area contributed by atoms with E-state index in [1.165, 1.54) is 16.7 Å². The van der Waals surface area contributed by atoms with Crippen molar-refractivity contribution < 1.29 is 4.74 Å². The van der Waals surface area contributed by atoms with Crippen LogP contribution in [0.1, 0.15) is 84.0 Å². The summed E-state index contributed by atoms with van der Waals surface area (Å²) in [5, 5.41) is 0. The zero-order chi connectivity index (χ0) is 16.0. The van der Waals surface area contributed by atoms with Crippen LogP contribution in [0.3, 0.4) is 0 Å². The molecule has 0 amide bonds. The molecular weight excluding hydrogens is 258 g/mol. The second kappa shape index (κ2) is 5.31. The van der Waals surface area contributed by atoms with Crippen LogP contribution >= 0.6 is 0 Å². The minimum atomic E-state index is 0.00310. The van der Waals surface area contributed by atoms with E-state index in [0.29, 0.717) is 0 Å². The zero-order valence-electron chi connectivity index (χ0n) is 14.7. The second-order valence-corrected chi connectivity index (χ2v) is 8.41. The summed E-state index contributed by atoms with van der Waals surface area (Å²) in [7, 11) is 0. The molecule has 2 rings (SSSR count). The highest BCUT2D eigenvalue weighted by Gasteiger charge is 2.36. The number of rotatable bonds is 2. The quantitative estimate of drug-likeness (QED) is 0.845. The van der Waals surface area contributed by atoms with Gasteiger partial charge in [0.05, 0.1) is 6.04 Å². The van der Waals surface area contributed by atoms with Crippen molar-refractivity contribution in [2.24, 2.45) is 5.73 Å². The van der Waals surface area contributed by atoms with Crippen molar-refractivity contribution in [3.63, 3.8) is 0 Å². The van der Waals surface area contributed by atoms with Crippen LogP contribution in [0.5, 0.6) is 5.75 Å². The summed E-state index contributed by atoms with van der Waals surface area (Å²) in [5.74, 6) is 1.04. The number of hydrogen-bond donors (Lipinski definition) is 1. The summed E-state index contributed by atoms with van der Waals surface area (Å²) in [6.45, 7) is 15.7. The van der Waals surface area contributed by atoms with Gasteiger partial charge in [0.25, 0.3) is 0 Å². The Morgan fingerprint density at radius 2 is 1.67 bits per heavy atom. The molecule has 0 aromatic heterocycles. The van der Waals surface area contributed by atoms with Crippen LogP contribution in [0, 0.1) is 0 Å². The van der Waals surface area contributed by atoms with Crippen molar-refractivity contribution in [3.05, 3.63) is 28.8 Å². The minimum Gasteiger partial charge on any atom is -0.488 e. The summed E-state index contributed by atoms with van der Waals surface area (Å²) >= 11 is 0. The molecule has 0 aliphatic carbocycles. The molecule has 118 valence electrons. The second-order valence-electron chi connectivity index (χ2n) is 8.41. The Morgan fingerprint density at radius 1 is 1.05 bits per heavy atom. The standard InChI is InChI=1S/C19H31NO/c1-8-9-15-16(20)13-10-12(18(2,3)4)11-14(17(13)21-15)19(5,6)7/h10-11,15-16H,8-9,20H2,1-7H3. The average Bonchev–Trinajstić information content (AvgIpc) is 2.64. The summed E-state index contributed by atoms with van der Waals surface area (Å²) < 4.78 is 6.26. The van der Waals surface area contributed by atoms with Gasteiger partial charge in [0.2, 0.25) is 0 Å². The molecule has 1 heterocycles. The molecule has 1 aliphatic rings. The summed E-state index contributed by atoms with van der Waals surface area (Å²) in [4.78, 5) is 0. The molecule has 0 saturated carbocycles. The van der Waals surface area contributed by atoms with E-state index < -0.39 is 0 Å². The molecule has 21 heavy (non-hydrogen) atoms. The molecule has 0 saturated heterocycles. The van der Waals surface area contributed by atoms with Crippen LogP contribution < -0.4 is 10.5 Å². The summed E-state index contributed by atoms with van der Waals surface area (Å²) in [6, 6.07) is 4.59. The van der Waals surface area contributed by atoms with E-state index in [1.54, 1.807) is 0 Å². The third-order valence-corrected chi connectivity index (χ3v) is 4.39. The van der Waals surface area contributed by atoms with Crippen molar-refractivity contribution in [2.45, 2.75) is 84.3 Å². The highest BCUT2D eigenvalue weighted by Crippen LogP contribution is 2.46.